The van der Waals surface area contributed by atoms with Crippen molar-refractivity contribution >= 4 is 18.7 Å². The normalized spacial score (nSPS) is 20.8. The van der Waals surface area contributed by atoms with Gasteiger partial charge in [-0.25, -0.2) is 4.39 Å². The van der Waals surface area contributed by atoms with Crippen LogP contribution in [0.2, 0.25) is 5.04 Å². The molecule has 2 nitrogen and oxygen atoms in total. The molecule has 2 aromatic carbocycles. The maximum Gasteiger partial charge on any atom is 0.261 e. The zero-order chi connectivity index (χ0) is 18.8. The number of hydrogen-bond donors (Lipinski definition) is 0. The van der Waals surface area contributed by atoms with Gasteiger partial charge in [0.2, 0.25) is 0 Å². The van der Waals surface area contributed by atoms with Crippen molar-refractivity contribution in [2.75, 3.05) is 6.61 Å². The number of hydrogen-bond acceptors (Lipinski definition) is 2. The Labute approximate surface area is 156 Å². The average Bonchev–Trinajstić information content (AvgIpc) is 2.94. The lowest BCUT2D eigenvalue weighted by Crippen LogP contribution is -2.67. The van der Waals surface area contributed by atoms with Gasteiger partial charge in [0, 0.05) is 6.42 Å². The van der Waals surface area contributed by atoms with Crippen molar-refractivity contribution in [1.82, 2.24) is 0 Å². The SMILES string of the molecule is C=C1O[C@H](CO[Si](c2ccccc2)(c2ccccc2)C(C)(C)C)CC1F. The van der Waals surface area contributed by atoms with Crippen LogP contribution in [0.3, 0.4) is 0 Å². The van der Waals surface area contributed by atoms with E-state index in [1.165, 1.54) is 10.4 Å². The van der Waals surface area contributed by atoms with Crippen LogP contribution in [-0.4, -0.2) is 27.2 Å². The molecule has 1 heterocycles. The Bertz CT molecular complexity index is 700. The molecule has 2 atom stereocenters. The van der Waals surface area contributed by atoms with Crippen molar-refractivity contribution < 1.29 is 13.6 Å². The van der Waals surface area contributed by atoms with Gasteiger partial charge in [0.25, 0.3) is 8.32 Å². The Morgan fingerprint density at radius 2 is 1.54 bits per heavy atom. The summed E-state index contributed by atoms with van der Waals surface area (Å²) in [5.74, 6) is 0.223. The highest BCUT2D eigenvalue weighted by atomic mass is 28.4. The van der Waals surface area contributed by atoms with Gasteiger partial charge in [-0.3, -0.25) is 0 Å². The first kappa shape index (κ1) is 18.9. The van der Waals surface area contributed by atoms with Crippen LogP contribution >= 0.6 is 0 Å². The van der Waals surface area contributed by atoms with Gasteiger partial charge in [-0.1, -0.05) is 88.0 Å². The Morgan fingerprint density at radius 1 is 1.04 bits per heavy atom. The molecule has 0 aliphatic carbocycles. The van der Waals surface area contributed by atoms with Crippen LogP contribution in [0.4, 0.5) is 4.39 Å². The molecule has 1 saturated heterocycles. The van der Waals surface area contributed by atoms with Gasteiger partial charge in [0.1, 0.15) is 11.9 Å². The van der Waals surface area contributed by atoms with Crippen LogP contribution in [0.1, 0.15) is 27.2 Å². The van der Waals surface area contributed by atoms with E-state index in [1.54, 1.807) is 0 Å². The van der Waals surface area contributed by atoms with Gasteiger partial charge < -0.3 is 9.16 Å². The molecule has 0 radical (unpaired) electrons. The van der Waals surface area contributed by atoms with E-state index >= 15 is 0 Å². The van der Waals surface area contributed by atoms with Gasteiger partial charge in [0.05, 0.1) is 6.61 Å². The summed E-state index contributed by atoms with van der Waals surface area (Å²) in [5, 5.41) is 2.33. The first-order valence-corrected chi connectivity index (χ1v) is 11.0. The van der Waals surface area contributed by atoms with Gasteiger partial charge in [-0.2, -0.15) is 0 Å². The zero-order valence-electron chi connectivity index (χ0n) is 15.7. The van der Waals surface area contributed by atoms with E-state index in [1.807, 2.05) is 12.1 Å². The average molecular weight is 371 g/mol. The number of benzene rings is 2. The third-order valence-corrected chi connectivity index (χ3v) is 10.0. The molecule has 0 amide bonds. The summed E-state index contributed by atoms with van der Waals surface area (Å²) in [6, 6.07) is 20.9. The fourth-order valence-corrected chi connectivity index (χ4v) is 8.37. The van der Waals surface area contributed by atoms with Gasteiger partial charge in [-0.15, -0.1) is 0 Å². The monoisotopic (exact) mass is 370 g/mol. The lowest BCUT2D eigenvalue weighted by Gasteiger charge is -2.43. The molecule has 0 saturated carbocycles. The molecule has 0 N–H and O–H groups in total. The molecule has 26 heavy (non-hydrogen) atoms. The van der Waals surface area contributed by atoms with Crippen molar-refractivity contribution in [3.05, 3.63) is 73.0 Å². The first-order chi connectivity index (χ1) is 12.3. The molecule has 4 heteroatoms. The van der Waals surface area contributed by atoms with Crippen molar-refractivity contribution in [3.8, 4) is 0 Å². The number of rotatable bonds is 5. The lowest BCUT2D eigenvalue weighted by molar-refractivity contribution is 0.0983. The molecular formula is C22H27FO2Si. The highest BCUT2D eigenvalue weighted by Crippen LogP contribution is 2.37. The summed E-state index contributed by atoms with van der Waals surface area (Å²) >= 11 is 0. The second kappa shape index (κ2) is 7.37. The van der Waals surface area contributed by atoms with E-state index in [0.717, 1.165) is 0 Å². The number of halogens is 1. The zero-order valence-corrected chi connectivity index (χ0v) is 16.7. The lowest BCUT2D eigenvalue weighted by atomic mass is 10.2. The highest BCUT2D eigenvalue weighted by Gasteiger charge is 2.50. The van der Waals surface area contributed by atoms with E-state index in [4.69, 9.17) is 9.16 Å². The Morgan fingerprint density at radius 3 is 1.92 bits per heavy atom. The minimum absolute atomic E-state index is 0.0968. The number of alkyl halides is 1. The molecular weight excluding hydrogens is 343 g/mol. The molecule has 0 aromatic heterocycles. The smallest absolute Gasteiger partial charge is 0.261 e. The molecule has 0 bridgehead atoms. The van der Waals surface area contributed by atoms with Gasteiger partial charge in [0.15, 0.2) is 6.17 Å². The van der Waals surface area contributed by atoms with Crippen LogP contribution in [0.15, 0.2) is 73.0 Å². The Balaban J connectivity index is 2.02. The van der Waals surface area contributed by atoms with Crippen LogP contribution in [0.5, 0.6) is 0 Å². The molecule has 2 aromatic rings. The van der Waals surface area contributed by atoms with E-state index < -0.39 is 14.5 Å². The minimum Gasteiger partial charge on any atom is -0.490 e. The Hall–Kier alpha value is -1.91. The summed E-state index contributed by atoms with van der Waals surface area (Å²) in [7, 11) is -2.59. The van der Waals surface area contributed by atoms with E-state index in [9.17, 15) is 4.39 Å². The fraction of sp³-hybridized carbons (Fsp3) is 0.364. The predicted octanol–water partition coefficient (Wildman–Crippen LogP) is 4.20. The summed E-state index contributed by atoms with van der Waals surface area (Å²) in [4.78, 5) is 0. The molecule has 1 aliphatic rings. The maximum absolute atomic E-state index is 13.8. The van der Waals surface area contributed by atoms with Crippen LogP contribution in [0.25, 0.3) is 0 Å². The summed E-state index contributed by atoms with van der Waals surface area (Å²) < 4.78 is 26.1. The molecule has 0 spiro atoms. The van der Waals surface area contributed by atoms with Gasteiger partial charge in [-0.05, 0) is 15.4 Å². The molecule has 1 unspecified atom stereocenters. The molecule has 3 rings (SSSR count). The van der Waals surface area contributed by atoms with Crippen LogP contribution < -0.4 is 10.4 Å². The van der Waals surface area contributed by atoms with Crippen molar-refractivity contribution in [3.63, 3.8) is 0 Å². The topological polar surface area (TPSA) is 18.5 Å². The van der Waals surface area contributed by atoms with E-state index in [-0.39, 0.29) is 16.9 Å². The summed E-state index contributed by atoms with van der Waals surface area (Å²) in [6.07, 6.45) is -1.06. The third kappa shape index (κ3) is 3.48. The largest absolute Gasteiger partial charge is 0.490 e. The predicted molar refractivity (Wildman–Crippen MR) is 107 cm³/mol. The second-order valence-corrected chi connectivity index (χ2v) is 12.2. The van der Waals surface area contributed by atoms with E-state index in [2.05, 4.69) is 75.9 Å². The first-order valence-electron chi connectivity index (χ1n) is 9.09. The fourth-order valence-electron chi connectivity index (χ4n) is 3.78. The second-order valence-electron chi connectivity index (χ2n) is 7.88. The van der Waals surface area contributed by atoms with Crippen molar-refractivity contribution in [1.29, 1.82) is 0 Å². The van der Waals surface area contributed by atoms with Crippen molar-refractivity contribution in [2.45, 2.75) is 44.5 Å². The van der Waals surface area contributed by atoms with Crippen molar-refractivity contribution in [2.24, 2.45) is 0 Å². The Kier molecular flexibility index (Phi) is 5.35. The maximum atomic E-state index is 13.8. The summed E-state index contributed by atoms with van der Waals surface area (Å²) in [6.45, 7) is 10.7. The molecule has 138 valence electrons. The van der Waals surface area contributed by atoms with Crippen LogP contribution in [-0.2, 0) is 9.16 Å². The quantitative estimate of drug-likeness (QED) is 0.734. The summed E-state index contributed by atoms with van der Waals surface area (Å²) in [5.41, 5.74) is 0. The highest BCUT2D eigenvalue weighted by molar-refractivity contribution is 6.99. The number of ether oxygens (including phenoxy) is 1. The van der Waals surface area contributed by atoms with Gasteiger partial charge >= 0.3 is 0 Å². The standard InChI is InChI=1S/C22H27FO2Si/c1-17-21(23)15-18(25-17)16-24-26(22(2,3)4,19-11-7-5-8-12-19)20-13-9-6-10-14-20/h5-14,18,21H,1,15-16H2,2-4H3/t18-,21?/m0/s1. The molecule has 1 fully saturated rings. The minimum atomic E-state index is -2.59. The van der Waals surface area contributed by atoms with E-state index in [0.29, 0.717) is 13.0 Å². The third-order valence-electron chi connectivity index (χ3n) is 5.04. The van der Waals surface area contributed by atoms with Crippen LogP contribution in [0, 0.1) is 0 Å². The number of allylic oxidation sites excluding steroid dienone is 1. The molecule has 1 aliphatic heterocycles.